The number of urea groups is 1. The number of aromatic nitrogens is 2. The van der Waals surface area contributed by atoms with Crippen molar-refractivity contribution in [3.63, 3.8) is 0 Å². The molecule has 0 spiro atoms. The van der Waals surface area contributed by atoms with Gasteiger partial charge in [0, 0.05) is 101 Å². The lowest BCUT2D eigenvalue weighted by Gasteiger charge is -2.54. The standard InChI is InChI=1S/C42H51FN10O5/c1-25-17-27(21-48-11-13-49(14-12-48)29-8-7-28-22-51(40(57)31(28)19-29)34-9-10-36(54)45-39(34)56)18-26(2)53(25)41(58)50-15-16-52-35-20-33(30-5-4-6-32(43)37(30)55)46-47-38(35)44-23-42(52,3)24-50/h4-8,19-20,25-27,34,55H,9-18,21-24H2,1-3H3,(H,44,47)(H,45,54,56)/t25-,26+,27?,34-,42?/m0/s1. The highest BCUT2D eigenvalue weighted by molar-refractivity contribution is 6.05. The summed E-state index contributed by atoms with van der Waals surface area (Å²) in [7, 11) is 0. The minimum Gasteiger partial charge on any atom is -0.504 e. The number of hydrogen-bond donors (Lipinski definition) is 3. The highest BCUT2D eigenvalue weighted by atomic mass is 19.1. The topological polar surface area (TPSA) is 158 Å². The van der Waals surface area contributed by atoms with E-state index < -0.39 is 29.1 Å². The van der Waals surface area contributed by atoms with Crippen LogP contribution in [0.5, 0.6) is 5.75 Å². The van der Waals surface area contributed by atoms with Crippen LogP contribution in [0, 0.1) is 11.7 Å². The van der Waals surface area contributed by atoms with Gasteiger partial charge in [0.15, 0.2) is 17.4 Å². The van der Waals surface area contributed by atoms with Crippen LogP contribution in [0.4, 0.5) is 26.4 Å². The van der Waals surface area contributed by atoms with Crippen LogP contribution in [0.15, 0.2) is 42.5 Å². The average Bonchev–Trinajstić information content (AvgIpc) is 3.53. The largest absolute Gasteiger partial charge is 0.504 e. The number of hydrogen-bond acceptors (Lipinski definition) is 11. The van der Waals surface area contributed by atoms with Gasteiger partial charge >= 0.3 is 6.03 Å². The normalized spacial score (nSPS) is 27.5. The molecule has 7 heterocycles. The molecule has 0 bridgehead atoms. The summed E-state index contributed by atoms with van der Waals surface area (Å²) in [5.74, 6) is -0.909. The van der Waals surface area contributed by atoms with Gasteiger partial charge in [-0.3, -0.25) is 24.6 Å². The molecule has 4 saturated heterocycles. The van der Waals surface area contributed by atoms with Crippen LogP contribution in [0.1, 0.15) is 62.4 Å². The van der Waals surface area contributed by atoms with Gasteiger partial charge in [-0.25, -0.2) is 9.18 Å². The van der Waals surface area contributed by atoms with E-state index in [0.29, 0.717) is 62.1 Å². The third-order valence-corrected chi connectivity index (χ3v) is 13.3. The molecular formula is C42H51FN10O5. The quantitative estimate of drug-likeness (QED) is 0.325. The Bertz CT molecular complexity index is 2150. The molecule has 3 aromatic rings. The number of amides is 5. The highest BCUT2D eigenvalue weighted by Crippen LogP contribution is 2.41. The number of fused-ring (bicyclic) bond motifs is 4. The molecule has 5 amide bonds. The molecule has 2 unspecified atom stereocenters. The fourth-order valence-corrected chi connectivity index (χ4v) is 10.3. The summed E-state index contributed by atoms with van der Waals surface area (Å²) < 4.78 is 14.2. The maximum atomic E-state index is 14.3. The van der Waals surface area contributed by atoms with Crippen LogP contribution in [0.25, 0.3) is 11.3 Å². The fourth-order valence-electron chi connectivity index (χ4n) is 10.3. The highest BCUT2D eigenvalue weighted by Gasteiger charge is 2.46. The van der Waals surface area contributed by atoms with E-state index in [-0.39, 0.29) is 41.9 Å². The molecule has 306 valence electrons. The SMILES string of the molecule is C[C@@H]1CC(CN2CCN(c3ccc4c(c3)C(=O)N([C@H]3CCC(=O)NC3=O)C4)CC2)C[C@H](C)N1C(=O)N1CCN2c3cc(-c4cccc(F)c4O)nnc3NCC2(C)C1. The van der Waals surface area contributed by atoms with E-state index >= 15 is 0 Å². The van der Waals surface area contributed by atoms with Crippen LogP contribution < -0.4 is 20.4 Å². The summed E-state index contributed by atoms with van der Waals surface area (Å²) in [6.07, 6.45) is 2.47. The molecule has 15 nitrogen and oxygen atoms in total. The van der Waals surface area contributed by atoms with Crippen molar-refractivity contribution >= 4 is 40.9 Å². The van der Waals surface area contributed by atoms with Crippen LogP contribution in [0.2, 0.25) is 0 Å². The molecule has 58 heavy (non-hydrogen) atoms. The minimum absolute atomic E-state index is 0.0741. The van der Waals surface area contributed by atoms with Crippen LogP contribution in [-0.4, -0.2) is 141 Å². The number of piperidine rings is 2. The number of piperazine rings is 2. The van der Waals surface area contributed by atoms with Gasteiger partial charge in [0.05, 0.1) is 16.9 Å². The van der Waals surface area contributed by atoms with Gasteiger partial charge in [0.2, 0.25) is 11.8 Å². The summed E-state index contributed by atoms with van der Waals surface area (Å²) >= 11 is 0. The van der Waals surface area contributed by atoms with Gasteiger partial charge in [0.25, 0.3) is 5.91 Å². The third kappa shape index (κ3) is 6.74. The smallest absolute Gasteiger partial charge is 0.320 e. The van der Waals surface area contributed by atoms with E-state index in [0.717, 1.165) is 62.5 Å². The van der Waals surface area contributed by atoms with Crippen molar-refractivity contribution < 1.29 is 28.7 Å². The van der Waals surface area contributed by atoms with Crippen molar-refractivity contribution in [2.75, 3.05) is 74.0 Å². The number of carbonyl (C=O) groups excluding carboxylic acids is 4. The second kappa shape index (κ2) is 14.7. The third-order valence-electron chi connectivity index (χ3n) is 13.3. The van der Waals surface area contributed by atoms with E-state index in [4.69, 9.17) is 0 Å². The lowest BCUT2D eigenvalue weighted by Crippen LogP contribution is -2.68. The number of likely N-dealkylation sites (tertiary alicyclic amines) is 1. The van der Waals surface area contributed by atoms with Gasteiger partial charge in [-0.15, -0.1) is 10.2 Å². The Morgan fingerprint density at radius 1 is 0.966 bits per heavy atom. The number of anilines is 3. The molecule has 1 aromatic heterocycles. The number of phenols is 1. The Morgan fingerprint density at radius 3 is 2.50 bits per heavy atom. The van der Waals surface area contributed by atoms with Gasteiger partial charge in [0.1, 0.15) is 6.04 Å². The zero-order valence-corrected chi connectivity index (χ0v) is 33.3. The summed E-state index contributed by atoms with van der Waals surface area (Å²) in [6.45, 7) is 13.6. The molecule has 9 rings (SSSR count). The lowest BCUT2D eigenvalue weighted by atomic mass is 9.86. The second-order valence-electron chi connectivity index (χ2n) is 17.3. The lowest BCUT2D eigenvalue weighted by molar-refractivity contribution is -0.136. The molecule has 3 N–H and O–H groups in total. The van der Waals surface area contributed by atoms with Crippen LogP contribution >= 0.6 is 0 Å². The van der Waals surface area contributed by atoms with Crippen molar-refractivity contribution in [2.45, 2.75) is 76.7 Å². The summed E-state index contributed by atoms with van der Waals surface area (Å²) in [4.78, 5) is 64.6. The number of aromatic hydroxyl groups is 1. The first-order valence-electron chi connectivity index (χ1n) is 20.6. The molecule has 4 fully saturated rings. The zero-order chi connectivity index (χ0) is 40.5. The minimum atomic E-state index is -0.714. The number of phenolic OH excluding ortho intramolecular Hbond substituents is 1. The summed E-state index contributed by atoms with van der Waals surface area (Å²) in [5, 5.41) is 24.8. The predicted molar refractivity (Wildman–Crippen MR) is 215 cm³/mol. The van der Waals surface area contributed by atoms with Crippen molar-refractivity contribution in [1.29, 1.82) is 0 Å². The maximum Gasteiger partial charge on any atom is 0.320 e. The fraction of sp³-hybridized carbons (Fsp3) is 0.524. The van der Waals surface area contributed by atoms with Crippen molar-refractivity contribution in [2.24, 2.45) is 5.92 Å². The first-order chi connectivity index (χ1) is 27.9. The van der Waals surface area contributed by atoms with Gasteiger partial charge in [-0.2, -0.15) is 0 Å². The van der Waals surface area contributed by atoms with Crippen LogP contribution in [-0.2, 0) is 16.1 Å². The van der Waals surface area contributed by atoms with Gasteiger partial charge < -0.3 is 34.9 Å². The number of benzene rings is 2. The number of rotatable bonds is 5. The molecule has 0 saturated carbocycles. The number of para-hydroxylation sites is 1. The molecule has 6 aliphatic rings. The first kappa shape index (κ1) is 38.0. The molecule has 0 radical (unpaired) electrons. The molecule has 5 atom stereocenters. The second-order valence-corrected chi connectivity index (χ2v) is 17.3. The van der Waals surface area contributed by atoms with Crippen molar-refractivity contribution in [3.05, 3.63) is 59.4 Å². The van der Waals surface area contributed by atoms with E-state index in [9.17, 15) is 28.7 Å². The maximum absolute atomic E-state index is 14.3. The summed E-state index contributed by atoms with van der Waals surface area (Å²) in [5.41, 5.74) is 3.62. The van der Waals surface area contributed by atoms with Crippen molar-refractivity contribution in [3.8, 4) is 17.0 Å². The average molecular weight is 795 g/mol. The zero-order valence-electron chi connectivity index (χ0n) is 33.3. The Morgan fingerprint density at radius 2 is 1.74 bits per heavy atom. The Balaban J connectivity index is 0.783. The summed E-state index contributed by atoms with van der Waals surface area (Å²) in [6, 6.07) is 11.9. The van der Waals surface area contributed by atoms with E-state index in [1.165, 1.54) is 12.1 Å². The van der Waals surface area contributed by atoms with Gasteiger partial charge in [-0.05, 0) is 81.8 Å². The number of halogens is 1. The van der Waals surface area contributed by atoms with E-state index in [2.05, 4.69) is 67.3 Å². The number of nitrogens with zero attached hydrogens (tertiary/aromatic N) is 8. The van der Waals surface area contributed by atoms with E-state index in [1.807, 2.05) is 23.1 Å². The Kier molecular flexibility index (Phi) is 9.64. The molecule has 2 aromatic carbocycles. The van der Waals surface area contributed by atoms with Crippen LogP contribution in [0.3, 0.4) is 0 Å². The number of imide groups is 1. The molecule has 16 heteroatoms. The molecule has 0 aliphatic carbocycles. The molecule has 6 aliphatic heterocycles. The molecular weight excluding hydrogens is 744 g/mol. The first-order valence-corrected chi connectivity index (χ1v) is 20.6. The monoisotopic (exact) mass is 794 g/mol. The van der Waals surface area contributed by atoms with Gasteiger partial charge in [-0.1, -0.05) is 12.1 Å². The number of nitrogens with one attached hydrogen (secondary N) is 2. The van der Waals surface area contributed by atoms with E-state index in [1.54, 1.807) is 11.0 Å². The van der Waals surface area contributed by atoms with Crippen molar-refractivity contribution in [1.82, 2.24) is 35.1 Å². The Hall–Kier alpha value is -5.51. The predicted octanol–water partition coefficient (Wildman–Crippen LogP) is 3.49. The number of carbonyl (C=O) groups is 4. The Labute approximate surface area is 337 Å².